The van der Waals surface area contributed by atoms with Crippen molar-refractivity contribution >= 4 is 5.96 Å². The Bertz CT molecular complexity index is 436. The van der Waals surface area contributed by atoms with Gasteiger partial charge in [-0.25, -0.2) is 8.78 Å². The molecule has 3 nitrogen and oxygen atoms in total. The summed E-state index contributed by atoms with van der Waals surface area (Å²) >= 11 is 0. The van der Waals surface area contributed by atoms with Gasteiger partial charge in [-0.15, -0.1) is 0 Å². The number of aliphatic imine (C=N–C) groups is 1. The molecular weight excluding hydrogens is 248 g/mol. The number of nitrogens with one attached hydrogen (secondary N) is 1. The number of rotatable bonds is 5. The Hall–Kier alpha value is -1.65. The number of nitrogens with zero attached hydrogens (tertiary/aromatic N) is 1. The van der Waals surface area contributed by atoms with Gasteiger partial charge in [-0.2, -0.15) is 0 Å². The van der Waals surface area contributed by atoms with Crippen LogP contribution in [0.2, 0.25) is 0 Å². The molecule has 2 rings (SSSR count). The van der Waals surface area contributed by atoms with Crippen LogP contribution in [0.3, 0.4) is 0 Å². The highest BCUT2D eigenvalue weighted by atomic mass is 19.1. The summed E-state index contributed by atoms with van der Waals surface area (Å²) in [6, 6.07) is 3.52. The summed E-state index contributed by atoms with van der Waals surface area (Å²) in [4.78, 5) is 4.25. The van der Waals surface area contributed by atoms with Gasteiger partial charge >= 0.3 is 0 Å². The lowest BCUT2D eigenvalue weighted by molar-refractivity contribution is 0.326. The van der Waals surface area contributed by atoms with Crippen LogP contribution in [0.15, 0.2) is 23.2 Å². The molecule has 3 N–H and O–H groups in total. The second kappa shape index (κ2) is 6.50. The summed E-state index contributed by atoms with van der Waals surface area (Å²) < 4.78 is 25.9. The predicted molar refractivity (Wildman–Crippen MR) is 71.9 cm³/mol. The van der Waals surface area contributed by atoms with Crippen LogP contribution in [-0.2, 0) is 6.42 Å². The van der Waals surface area contributed by atoms with Crippen molar-refractivity contribution in [3.8, 4) is 0 Å². The van der Waals surface area contributed by atoms with Crippen molar-refractivity contribution < 1.29 is 8.78 Å². The van der Waals surface area contributed by atoms with Crippen LogP contribution in [0.4, 0.5) is 8.78 Å². The van der Waals surface area contributed by atoms with Gasteiger partial charge in [0.15, 0.2) is 5.96 Å². The lowest BCUT2D eigenvalue weighted by atomic mass is 9.86. The minimum Gasteiger partial charge on any atom is -0.370 e. The van der Waals surface area contributed by atoms with Crippen molar-refractivity contribution in [1.82, 2.24) is 5.32 Å². The van der Waals surface area contributed by atoms with E-state index >= 15 is 0 Å². The molecule has 5 heteroatoms. The fourth-order valence-electron chi connectivity index (χ4n) is 2.05. The molecule has 0 aliphatic heterocycles. The molecule has 0 radical (unpaired) electrons. The molecule has 1 aliphatic carbocycles. The predicted octanol–water partition coefficient (Wildman–Crippen LogP) is 2.21. The first-order chi connectivity index (χ1) is 9.13. The number of nitrogens with two attached hydrogens (primary N) is 1. The Kier molecular flexibility index (Phi) is 4.71. The van der Waals surface area contributed by atoms with E-state index in [9.17, 15) is 8.78 Å². The van der Waals surface area contributed by atoms with Gasteiger partial charge < -0.3 is 11.1 Å². The molecule has 0 unspecified atom stereocenters. The molecule has 0 heterocycles. The van der Waals surface area contributed by atoms with Crippen LogP contribution in [-0.4, -0.2) is 19.0 Å². The van der Waals surface area contributed by atoms with Crippen molar-refractivity contribution in [3.05, 3.63) is 35.4 Å². The van der Waals surface area contributed by atoms with Crippen LogP contribution < -0.4 is 11.1 Å². The van der Waals surface area contributed by atoms with E-state index in [1.54, 1.807) is 0 Å². The van der Waals surface area contributed by atoms with Gasteiger partial charge in [0.2, 0.25) is 0 Å². The Morgan fingerprint density at radius 1 is 1.26 bits per heavy atom. The first-order valence-electron chi connectivity index (χ1n) is 6.62. The highest BCUT2D eigenvalue weighted by Gasteiger charge is 2.16. The average molecular weight is 267 g/mol. The van der Waals surface area contributed by atoms with Crippen molar-refractivity contribution in [3.63, 3.8) is 0 Å². The van der Waals surface area contributed by atoms with Gasteiger partial charge in [0.05, 0.1) is 0 Å². The van der Waals surface area contributed by atoms with E-state index in [0.29, 0.717) is 30.4 Å². The largest absolute Gasteiger partial charge is 0.370 e. The number of hydrogen-bond acceptors (Lipinski definition) is 1. The maximum Gasteiger partial charge on any atom is 0.188 e. The zero-order valence-corrected chi connectivity index (χ0v) is 10.8. The maximum absolute atomic E-state index is 13.0. The number of halogens is 2. The molecule has 104 valence electrons. The molecule has 0 atom stereocenters. The fraction of sp³-hybridized carbons (Fsp3) is 0.500. The normalized spacial score (nSPS) is 16.2. The van der Waals surface area contributed by atoms with Gasteiger partial charge in [-0.3, -0.25) is 4.99 Å². The van der Waals surface area contributed by atoms with Crippen LogP contribution in [0.25, 0.3) is 0 Å². The maximum atomic E-state index is 13.0. The van der Waals surface area contributed by atoms with E-state index in [1.807, 2.05) is 0 Å². The number of guanidine groups is 1. The minimum atomic E-state index is -0.554. The molecule has 0 bridgehead atoms. The standard InChI is InChI=1S/C14H19F2N3/c15-12-6-11(7-13(16)8-12)4-5-18-14(17)19-9-10-2-1-3-10/h6-8,10H,1-5,9H2,(H3,17,18,19). The third-order valence-corrected chi connectivity index (χ3v) is 3.39. The van der Waals surface area contributed by atoms with E-state index in [0.717, 1.165) is 12.6 Å². The third-order valence-electron chi connectivity index (χ3n) is 3.39. The molecule has 1 aliphatic rings. The van der Waals surface area contributed by atoms with Gasteiger partial charge in [-0.05, 0) is 42.9 Å². The molecule has 1 saturated carbocycles. The first-order valence-corrected chi connectivity index (χ1v) is 6.62. The Labute approximate surface area is 111 Å². The Morgan fingerprint density at radius 2 is 1.95 bits per heavy atom. The van der Waals surface area contributed by atoms with Crippen LogP contribution in [0.5, 0.6) is 0 Å². The second-order valence-electron chi connectivity index (χ2n) is 4.98. The van der Waals surface area contributed by atoms with Crippen molar-refractivity contribution in [1.29, 1.82) is 0 Å². The highest BCUT2D eigenvalue weighted by molar-refractivity contribution is 5.77. The van der Waals surface area contributed by atoms with E-state index in [4.69, 9.17) is 5.73 Å². The van der Waals surface area contributed by atoms with Gasteiger partial charge in [0, 0.05) is 19.2 Å². The highest BCUT2D eigenvalue weighted by Crippen LogP contribution is 2.26. The average Bonchev–Trinajstić information content (AvgIpc) is 2.25. The second-order valence-corrected chi connectivity index (χ2v) is 4.98. The molecule has 0 saturated heterocycles. The first kappa shape index (κ1) is 13.8. The van der Waals surface area contributed by atoms with Gasteiger partial charge in [0.25, 0.3) is 0 Å². The Morgan fingerprint density at radius 3 is 2.53 bits per heavy atom. The molecule has 0 amide bonds. The molecule has 0 spiro atoms. The van der Waals surface area contributed by atoms with E-state index in [2.05, 4.69) is 10.3 Å². The summed E-state index contributed by atoms with van der Waals surface area (Å²) in [5.74, 6) is -0.0234. The topological polar surface area (TPSA) is 50.4 Å². The lowest BCUT2D eigenvalue weighted by Gasteiger charge is -2.23. The quantitative estimate of drug-likeness (QED) is 0.635. The van der Waals surface area contributed by atoms with Crippen molar-refractivity contribution in [2.24, 2.45) is 16.6 Å². The fourth-order valence-corrected chi connectivity index (χ4v) is 2.05. The minimum absolute atomic E-state index is 0.406. The zero-order valence-electron chi connectivity index (χ0n) is 10.8. The van der Waals surface area contributed by atoms with Gasteiger partial charge in [-0.1, -0.05) is 6.42 Å². The SMILES string of the molecule is NC(=NCC1CCC1)NCCc1cc(F)cc(F)c1. The van der Waals surface area contributed by atoms with E-state index in [1.165, 1.54) is 31.4 Å². The summed E-state index contributed by atoms with van der Waals surface area (Å²) in [6.07, 6.45) is 4.27. The van der Waals surface area contributed by atoms with Crippen molar-refractivity contribution in [2.45, 2.75) is 25.7 Å². The molecule has 1 aromatic carbocycles. The lowest BCUT2D eigenvalue weighted by Crippen LogP contribution is -2.34. The monoisotopic (exact) mass is 267 g/mol. The van der Waals surface area contributed by atoms with E-state index in [-0.39, 0.29) is 0 Å². The summed E-state index contributed by atoms with van der Waals surface area (Å²) in [7, 11) is 0. The third kappa shape index (κ3) is 4.50. The van der Waals surface area contributed by atoms with Crippen LogP contribution in [0.1, 0.15) is 24.8 Å². The Balaban J connectivity index is 1.72. The van der Waals surface area contributed by atoms with E-state index < -0.39 is 11.6 Å². The molecule has 1 fully saturated rings. The van der Waals surface area contributed by atoms with Crippen LogP contribution >= 0.6 is 0 Å². The number of hydrogen-bond donors (Lipinski definition) is 2. The van der Waals surface area contributed by atoms with Crippen LogP contribution in [0, 0.1) is 17.6 Å². The van der Waals surface area contributed by atoms with Crippen molar-refractivity contribution in [2.75, 3.05) is 13.1 Å². The molecular formula is C14H19F2N3. The van der Waals surface area contributed by atoms with Gasteiger partial charge in [0.1, 0.15) is 11.6 Å². The number of benzene rings is 1. The summed E-state index contributed by atoms with van der Waals surface area (Å²) in [5.41, 5.74) is 6.32. The smallest absolute Gasteiger partial charge is 0.188 e. The molecule has 19 heavy (non-hydrogen) atoms. The summed E-state index contributed by atoms with van der Waals surface area (Å²) in [6.45, 7) is 1.29. The molecule has 0 aromatic heterocycles. The summed E-state index contributed by atoms with van der Waals surface area (Å²) in [5, 5.41) is 2.96. The zero-order chi connectivity index (χ0) is 13.7. The molecule has 1 aromatic rings.